The highest BCUT2D eigenvalue weighted by Gasteiger charge is 2.13. The first-order valence-corrected chi connectivity index (χ1v) is 9.14. The summed E-state index contributed by atoms with van der Waals surface area (Å²) in [6.45, 7) is 4.04. The molecule has 0 fully saturated rings. The number of carboxylic acid groups (broad SMARTS) is 1. The Morgan fingerprint density at radius 1 is 1.27 bits per heavy atom. The molecule has 3 rings (SSSR count). The van der Waals surface area contributed by atoms with Gasteiger partial charge in [-0.05, 0) is 37.1 Å². The van der Waals surface area contributed by atoms with Crippen molar-refractivity contribution < 1.29 is 9.90 Å². The monoisotopic (exact) mass is 368 g/mol. The molecule has 1 aromatic carbocycles. The van der Waals surface area contributed by atoms with Crippen molar-refractivity contribution in [3.05, 3.63) is 52.5 Å². The van der Waals surface area contributed by atoms with Crippen molar-refractivity contribution in [2.45, 2.75) is 26.7 Å². The Labute approximate surface area is 155 Å². The molecule has 0 saturated heterocycles. The van der Waals surface area contributed by atoms with Crippen molar-refractivity contribution in [3.8, 4) is 10.7 Å². The molecule has 7 heteroatoms. The Kier molecular flexibility index (Phi) is 5.18. The molecule has 0 saturated carbocycles. The maximum atomic E-state index is 10.8. The van der Waals surface area contributed by atoms with Crippen molar-refractivity contribution >= 4 is 34.5 Å². The van der Waals surface area contributed by atoms with Crippen molar-refractivity contribution in [2.75, 3.05) is 11.1 Å². The first-order chi connectivity index (χ1) is 12.5. The van der Waals surface area contributed by atoms with Gasteiger partial charge in [0.1, 0.15) is 5.82 Å². The van der Waals surface area contributed by atoms with Gasteiger partial charge < -0.3 is 16.2 Å². The van der Waals surface area contributed by atoms with Crippen LogP contribution in [0.1, 0.15) is 23.7 Å². The molecule has 0 unspecified atom stereocenters. The summed E-state index contributed by atoms with van der Waals surface area (Å²) in [6, 6.07) is 9.19. The predicted molar refractivity (Wildman–Crippen MR) is 105 cm³/mol. The number of nitrogen functional groups attached to an aromatic ring is 1. The van der Waals surface area contributed by atoms with Crippen LogP contribution in [0.3, 0.4) is 0 Å². The van der Waals surface area contributed by atoms with E-state index in [1.165, 1.54) is 11.3 Å². The highest BCUT2D eigenvalue weighted by molar-refractivity contribution is 7.14. The summed E-state index contributed by atoms with van der Waals surface area (Å²) in [5.41, 5.74) is 10.1. The van der Waals surface area contributed by atoms with Crippen LogP contribution in [0.4, 0.5) is 17.2 Å². The lowest BCUT2D eigenvalue weighted by molar-refractivity contribution is -0.136. The van der Waals surface area contributed by atoms with Gasteiger partial charge in [0.2, 0.25) is 0 Å². The molecule has 3 aromatic rings. The molecular formula is C19H20N4O2S. The average Bonchev–Trinajstić information content (AvgIpc) is 3.02. The van der Waals surface area contributed by atoms with Crippen molar-refractivity contribution in [3.63, 3.8) is 0 Å². The second-order valence-electron chi connectivity index (χ2n) is 5.95. The SMILES string of the molecule is CCc1c(C)nc(-c2cc(N)cs2)nc1Nc1ccc(CC(=O)O)cc1. The van der Waals surface area contributed by atoms with Crippen LogP contribution in [0.15, 0.2) is 35.7 Å². The summed E-state index contributed by atoms with van der Waals surface area (Å²) in [5.74, 6) is 0.560. The molecule has 0 amide bonds. The van der Waals surface area contributed by atoms with Crippen molar-refractivity contribution in [2.24, 2.45) is 0 Å². The molecule has 2 heterocycles. The molecule has 26 heavy (non-hydrogen) atoms. The second kappa shape index (κ2) is 7.53. The number of rotatable bonds is 6. The summed E-state index contributed by atoms with van der Waals surface area (Å²) in [5, 5.41) is 14.1. The van der Waals surface area contributed by atoms with E-state index < -0.39 is 5.97 Å². The number of carboxylic acids is 1. The van der Waals surface area contributed by atoms with Gasteiger partial charge in [-0.15, -0.1) is 11.3 Å². The number of thiophene rings is 1. The third-order valence-electron chi connectivity index (χ3n) is 3.98. The van der Waals surface area contributed by atoms with Gasteiger partial charge in [0.05, 0.1) is 11.3 Å². The van der Waals surface area contributed by atoms with Crippen LogP contribution >= 0.6 is 11.3 Å². The van der Waals surface area contributed by atoms with E-state index in [1.54, 1.807) is 12.1 Å². The Hall–Kier alpha value is -2.93. The highest BCUT2D eigenvalue weighted by atomic mass is 32.1. The quantitative estimate of drug-likeness (QED) is 0.607. The molecular weight excluding hydrogens is 348 g/mol. The minimum atomic E-state index is -0.842. The van der Waals surface area contributed by atoms with Crippen LogP contribution in [0.25, 0.3) is 10.7 Å². The molecule has 0 bridgehead atoms. The minimum absolute atomic E-state index is 0.0110. The average molecular weight is 368 g/mol. The van der Waals surface area contributed by atoms with Crippen LogP contribution in [-0.2, 0) is 17.6 Å². The van der Waals surface area contributed by atoms with Gasteiger partial charge in [0, 0.05) is 28.0 Å². The predicted octanol–water partition coefficient (Wildman–Crippen LogP) is 4.03. The molecule has 0 aliphatic rings. The minimum Gasteiger partial charge on any atom is -0.481 e. The number of hydrogen-bond acceptors (Lipinski definition) is 6. The third-order valence-corrected chi connectivity index (χ3v) is 4.92. The molecule has 0 atom stereocenters. The van der Waals surface area contributed by atoms with E-state index in [1.807, 2.05) is 30.5 Å². The first kappa shape index (κ1) is 17.9. The van der Waals surface area contributed by atoms with Crippen molar-refractivity contribution in [1.82, 2.24) is 9.97 Å². The van der Waals surface area contributed by atoms with Crippen LogP contribution in [0.5, 0.6) is 0 Å². The number of carbonyl (C=O) groups is 1. The van der Waals surface area contributed by atoms with Crippen LogP contribution in [0, 0.1) is 6.92 Å². The van der Waals surface area contributed by atoms with E-state index in [0.717, 1.165) is 39.6 Å². The number of nitrogens with zero attached hydrogens (tertiary/aromatic N) is 2. The van der Waals surface area contributed by atoms with Crippen LogP contribution < -0.4 is 11.1 Å². The summed E-state index contributed by atoms with van der Waals surface area (Å²) in [4.78, 5) is 21.0. The lowest BCUT2D eigenvalue weighted by atomic mass is 10.1. The van der Waals surface area contributed by atoms with Gasteiger partial charge in [-0.25, -0.2) is 9.97 Å². The lowest BCUT2D eigenvalue weighted by Gasteiger charge is -2.14. The molecule has 6 nitrogen and oxygen atoms in total. The van der Waals surface area contributed by atoms with E-state index in [0.29, 0.717) is 11.5 Å². The van der Waals surface area contributed by atoms with E-state index in [4.69, 9.17) is 15.8 Å². The number of nitrogens with two attached hydrogens (primary N) is 1. The lowest BCUT2D eigenvalue weighted by Crippen LogP contribution is -2.05. The number of nitrogens with one attached hydrogen (secondary N) is 1. The number of benzene rings is 1. The fraction of sp³-hybridized carbons (Fsp3) is 0.211. The molecule has 0 radical (unpaired) electrons. The van der Waals surface area contributed by atoms with Gasteiger partial charge in [-0.3, -0.25) is 4.79 Å². The molecule has 0 aliphatic carbocycles. The first-order valence-electron chi connectivity index (χ1n) is 8.26. The standard InChI is InChI=1S/C19H20N4O2S/c1-3-15-11(2)21-19(16-9-13(20)10-26-16)23-18(15)22-14-6-4-12(5-7-14)8-17(24)25/h4-7,9-10H,3,8,20H2,1-2H3,(H,24,25)(H,21,22,23). The van der Waals surface area contributed by atoms with E-state index in [-0.39, 0.29) is 6.42 Å². The molecule has 4 N–H and O–H groups in total. The highest BCUT2D eigenvalue weighted by Crippen LogP contribution is 2.30. The fourth-order valence-corrected chi connectivity index (χ4v) is 3.45. The summed E-state index contributed by atoms with van der Waals surface area (Å²) < 4.78 is 0. The van der Waals surface area contributed by atoms with Crippen molar-refractivity contribution in [1.29, 1.82) is 0 Å². The zero-order valence-electron chi connectivity index (χ0n) is 14.6. The smallest absolute Gasteiger partial charge is 0.307 e. The Bertz CT molecular complexity index is 935. The van der Waals surface area contributed by atoms with Gasteiger partial charge in [-0.1, -0.05) is 19.1 Å². The second-order valence-corrected chi connectivity index (χ2v) is 6.86. The molecule has 0 spiro atoms. The molecule has 2 aromatic heterocycles. The number of aliphatic carboxylic acids is 1. The molecule has 0 aliphatic heterocycles. The van der Waals surface area contributed by atoms with Crippen LogP contribution in [-0.4, -0.2) is 21.0 Å². The Morgan fingerprint density at radius 2 is 2.00 bits per heavy atom. The number of aryl methyl sites for hydroxylation is 1. The summed E-state index contributed by atoms with van der Waals surface area (Å²) in [6.07, 6.45) is 0.815. The Morgan fingerprint density at radius 3 is 2.58 bits per heavy atom. The third kappa shape index (κ3) is 4.00. The normalized spacial score (nSPS) is 10.7. The zero-order chi connectivity index (χ0) is 18.7. The maximum absolute atomic E-state index is 10.8. The maximum Gasteiger partial charge on any atom is 0.307 e. The summed E-state index contributed by atoms with van der Waals surface area (Å²) >= 11 is 1.51. The number of anilines is 3. The Balaban J connectivity index is 1.92. The number of hydrogen-bond donors (Lipinski definition) is 3. The zero-order valence-corrected chi connectivity index (χ0v) is 15.4. The van der Waals surface area contributed by atoms with Gasteiger partial charge in [0.15, 0.2) is 5.82 Å². The number of aromatic nitrogens is 2. The fourth-order valence-electron chi connectivity index (χ4n) is 2.72. The summed E-state index contributed by atoms with van der Waals surface area (Å²) in [7, 11) is 0. The van der Waals surface area contributed by atoms with Crippen LogP contribution in [0.2, 0.25) is 0 Å². The molecule has 134 valence electrons. The van der Waals surface area contributed by atoms with E-state index in [9.17, 15) is 4.79 Å². The van der Waals surface area contributed by atoms with Gasteiger partial charge >= 0.3 is 5.97 Å². The van der Waals surface area contributed by atoms with E-state index >= 15 is 0 Å². The van der Waals surface area contributed by atoms with Gasteiger partial charge in [-0.2, -0.15) is 0 Å². The van der Waals surface area contributed by atoms with E-state index in [2.05, 4.69) is 17.2 Å². The largest absolute Gasteiger partial charge is 0.481 e. The van der Waals surface area contributed by atoms with Gasteiger partial charge in [0.25, 0.3) is 0 Å². The topological polar surface area (TPSA) is 101 Å².